The van der Waals surface area contributed by atoms with Gasteiger partial charge in [0.2, 0.25) is 5.56 Å². The average Bonchev–Trinajstić information content (AvgIpc) is 2.41. The van der Waals surface area contributed by atoms with Crippen LogP contribution in [0.3, 0.4) is 0 Å². The molecule has 1 aromatic heterocycles. The molecule has 2 N–H and O–H groups in total. The lowest BCUT2D eigenvalue weighted by atomic mass is 9.98. The molecule has 1 heterocycles. The lowest BCUT2D eigenvalue weighted by Crippen LogP contribution is -2.16. The SMILES string of the molecule is Cc1cccc(C(C)C)c1NC(=O)c1ccc(=O)[nH]c1. The number of amides is 1. The van der Waals surface area contributed by atoms with Crippen molar-refractivity contribution in [3.8, 4) is 0 Å². The Bertz CT molecular complexity index is 667. The summed E-state index contributed by atoms with van der Waals surface area (Å²) in [6.07, 6.45) is 1.42. The summed E-state index contributed by atoms with van der Waals surface area (Å²) < 4.78 is 0. The Morgan fingerprint density at radius 2 is 1.95 bits per heavy atom. The maximum absolute atomic E-state index is 12.2. The minimum atomic E-state index is -0.225. The van der Waals surface area contributed by atoms with Gasteiger partial charge in [-0.3, -0.25) is 9.59 Å². The number of anilines is 1. The van der Waals surface area contributed by atoms with Gasteiger partial charge in [-0.05, 0) is 30.0 Å². The van der Waals surface area contributed by atoms with E-state index < -0.39 is 0 Å². The van der Waals surface area contributed by atoms with Crippen molar-refractivity contribution in [2.75, 3.05) is 5.32 Å². The fraction of sp³-hybridized carbons (Fsp3) is 0.250. The summed E-state index contributed by atoms with van der Waals surface area (Å²) in [7, 11) is 0. The van der Waals surface area contributed by atoms with Gasteiger partial charge in [0, 0.05) is 18.0 Å². The van der Waals surface area contributed by atoms with Crippen molar-refractivity contribution in [1.29, 1.82) is 0 Å². The van der Waals surface area contributed by atoms with Crippen LogP contribution in [0.1, 0.15) is 41.3 Å². The van der Waals surface area contributed by atoms with Gasteiger partial charge in [-0.25, -0.2) is 0 Å². The first kappa shape index (κ1) is 14.1. The molecule has 0 unspecified atom stereocenters. The number of para-hydroxylation sites is 1. The molecular weight excluding hydrogens is 252 g/mol. The molecule has 0 saturated carbocycles. The van der Waals surface area contributed by atoms with Crippen LogP contribution in [0, 0.1) is 6.92 Å². The van der Waals surface area contributed by atoms with Crippen molar-refractivity contribution in [3.63, 3.8) is 0 Å². The van der Waals surface area contributed by atoms with Crippen LogP contribution in [0.2, 0.25) is 0 Å². The number of benzene rings is 1. The second-order valence-electron chi connectivity index (χ2n) is 5.09. The number of carbonyl (C=O) groups excluding carboxylic acids is 1. The highest BCUT2D eigenvalue weighted by atomic mass is 16.1. The van der Waals surface area contributed by atoms with Gasteiger partial charge in [-0.1, -0.05) is 32.0 Å². The van der Waals surface area contributed by atoms with E-state index in [0.717, 1.165) is 16.8 Å². The zero-order chi connectivity index (χ0) is 14.7. The standard InChI is InChI=1S/C16H18N2O2/c1-10(2)13-6-4-5-11(3)15(13)18-16(20)12-7-8-14(19)17-9-12/h4-10H,1-3H3,(H,17,19)(H,18,20). The number of pyridine rings is 1. The molecular formula is C16H18N2O2. The molecule has 0 atom stereocenters. The molecule has 0 spiro atoms. The highest BCUT2D eigenvalue weighted by Gasteiger charge is 2.13. The minimum Gasteiger partial charge on any atom is -0.328 e. The Morgan fingerprint density at radius 3 is 2.55 bits per heavy atom. The number of hydrogen-bond acceptors (Lipinski definition) is 2. The number of nitrogens with one attached hydrogen (secondary N) is 2. The van der Waals surface area contributed by atoms with Crippen LogP contribution in [0.15, 0.2) is 41.3 Å². The number of aromatic amines is 1. The second kappa shape index (κ2) is 5.74. The topological polar surface area (TPSA) is 62.0 Å². The summed E-state index contributed by atoms with van der Waals surface area (Å²) in [5.41, 5.74) is 3.18. The van der Waals surface area contributed by atoms with E-state index in [1.165, 1.54) is 18.3 Å². The fourth-order valence-electron chi connectivity index (χ4n) is 2.08. The summed E-state index contributed by atoms with van der Waals surface area (Å²) >= 11 is 0. The number of H-pyrrole nitrogens is 1. The molecule has 104 valence electrons. The van der Waals surface area contributed by atoms with Gasteiger partial charge >= 0.3 is 0 Å². The summed E-state index contributed by atoms with van der Waals surface area (Å²) in [6, 6.07) is 8.83. The van der Waals surface area contributed by atoms with Gasteiger partial charge in [0.1, 0.15) is 0 Å². The van der Waals surface area contributed by atoms with Gasteiger partial charge in [0.25, 0.3) is 5.91 Å². The molecule has 0 aliphatic rings. The normalized spacial score (nSPS) is 10.6. The van der Waals surface area contributed by atoms with Crippen molar-refractivity contribution >= 4 is 11.6 Å². The zero-order valence-corrected chi connectivity index (χ0v) is 11.9. The van der Waals surface area contributed by atoms with Crippen LogP contribution in [0.25, 0.3) is 0 Å². The van der Waals surface area contributed by atoms with Crippen molar-refractivity contribution in [2.45, 2.75) is 26.7 Å². The molecule has 2 aromatic rings. The Balaban J connectivity index is 2.32. The molecule has 2 rings (SSSR count). The predicted octanol–water partition coefficient (Wildman–Crippen LogP) is 3.06. The van der Waals surface area contributed by atoms with Crippen molar-refractivity contribution < 1.29 is 4.79 Å². The Kier molecular flexibility index (Phi) is 4.03. The average molecular weight is 270 g/mol. The van der Waals surface area contributed by atoms with Crippen LogP contribution in [0.4, 0.5) is 5.69 Å². The molecule has 0 aliphatic heterocycles. The van der Waals surface area contributed by atoms with Gasteiger partial charge in [-0.2, -0.15) is 0 Å². The molecule has 1 aromatic carbocycles. The number of rotatable bonds is 3. The third-order valence-electron chi connectivity index (χ3n) is 3.21. The monoisotopic (exact) mass is 270 g/mol. The van der Waals surface area contributed by atoms with E-state index in [2.05, 4.69) is 24.1 Å². The van der Waals surface area contributed by atoms with E-state index in [1.54, 1.807) is 0 Å². The van der Waals surface area contributed by atoms with Crippen LogP contribution in [-0.4, -0.2) is 10.9 Å². The molecule has 20 heavy (non-hydrogen) atoms. The smallest absolute Gasteiger partial charge is 0.257 e. The molecule has 4 nitrogen and oxygen atoms in total. The van der Waals surface area contributed by atoms with E-state index in [0.29, 0.717) is 11.5 Å². The number of hydrogen-bond donors (Lipinski definition) is 2. The summed E-state index contributed by atoms with van der Waals surface area (Å²) in [5.74, 6) is 0.0956. The Hall–Kier alpha value is -2.36. The molecule has 0 radical (unpaired) electrons. The molecule has 0 saturated heterocycles. The Morgan fingerprint density at radius 1 is 1.20 bits per heavy atom. The largest absolute Gasteiger partial charge is 0.328 e. The van der Waals surface area contributed by atoms with Gasteiger partial charge in [0.15, 0.2) is 0 Å². The summed E-state index contributed by atoms with van der Waals surface area (Å²) in [6.45, 7) is 6.14. The predicted molar refractivity (Wildman–Crippen MR) is 80.3 cm³/mol. The van der Waals surface area contributed by atoms with Crippen LogP contribution < -0.4 is 10.9 Å². The van der Waals surface area contributed by atoms with Gasteiger partial charge in [-0.15, -0.1) is 0 Å². The van der Waals surface area contributed by atoms with Crippen molar-refractivity contribution in [2.24, 2.45) is 0 Å². The van der Waals surface area contributed by atoms with Crippen LogP contribution in [-0.2, 0) is 0 Å². The zero-order valence-electron chi connectivity index (χ0n) is 11.9. The minimum absolute atomic E-state index is 0.222. The van der Waals surface area contributed by atoms with E-state index >= 15 is 0 Å². The maximum Gasteiger partial charge on any atom is 0.257 e. The van der Waals surface area contributed by atoms with Crippen LogP contribution in [0.5, 0.6) is 0 Å². The third-order valence-corrected chi connectivity index (χ3v) is 3.21. The van der Waals surface area contributed by atoms with E-state index in [1.807, 2.05) is 25.1 Å². The highest BCUT2D eigenvalue weighted by molar-refractivity contribution is 6.04. The summed E-state index contributed by atoms with van der Waals surface area (Å²) in [5, 5.41) is 2.93. The lowest BCUT2D eigenvalue weighted by molar-refractivity contribution is 0.102. The molecule has 0 bridgehead atoms. The first-order valence-electron chi connectivity index (χ1n) is 6.58. The summed E-state index contributed by atoms with van der Waals surface area (Å²) in [4.78, 5) is 25.7. The van der Waals surface area contributed by atoms with E-state index in [4.69, 9.17) is 0 Å². The quantitative estimate of drug-likeness (QED) is 0.900. The second-order valence-corrected chi connectivity index (χ2v) is 5.09. The number of aryl methyl sites for hydroxylation is 1. The van der Waals surface area contributed by atoms with Gasteiger partial charge in [0.05, 0.1) is 5.56 Å². The highest BCUT2D eigenvalue weighted by Crippen LogP contribution is 2.27. The third kappa shape index (κ3) is 2.96. The molecule has 0 fully saturated rings. The Labute approximate surface area is 117 Å². The number of aromatic nitrogens is 1. The first-order valence-corrected chi connectivity index (χ1v) is 6.58. The lowest BCUT2D eigenvalue weighted by Gasteiger charge is -2.16. The molecule has 4 heteroatoms. The fourth-order valence-corrected chi connectivity index (χ4v) is 2.08. The van der Waals surface area contributed by atoms with Gasteiger partial charge < -0.3 is 10.3 Å². The van der Waals surface area contributed by atoms with Crippen molar-refractivity contribution in [3.05, 3.63) is 63.6 Å². The maximum atomic E-state index is 12.2. The van der Waals surface area contributed by atoms with E-state index in [9.17, 15) is 9.59 Å². The van der Waals surface area contributed by atoms with Crippen LogP contribution >= 0.6 is 0 Å². The van der Waals surface area contributed by atoms with Crippen molar-refractivity contribution in [1.82, 2.24) is 4.98 Å². The van der Waals surface area contributed by atoms with E-state index in [-0.39, 0.29) is 11.5 Å². The number of carbonyl (C=O) groups is 1. The molecule has 0 aliphatic carbocycles. The first-order chi connectivity index (χ1) is 9.49. The molecule has 1 amide bonds.